The first-order valence-corrected chi connectivity index (χ1v) is 7.24. The minimum absolute atomic E-state index is 0.276. The summed E-state index contributed by atoms with van der Waals surface area (Å²) < 4.78 is 13.7. The second-order valence-corrected chi connectivity index (χ2v) is 5.35. The van der Waals surface area contributed by atoms with Crippen molar-refractivity contribution >= 4 is 44.9 Å². The molecular formula is C13H13BrClFN4. The van der Waals surface area contributed by atoms with Crippen LogP contribution in [-0.2, 0) is 0 Å². The van der Waals surface area contributed by atoms with Crippen LogP contribution in [0.5, 0.6) is 0 Å². The molecule has 0 amide bonds. The van der Waals surface area contributed by atoms with Gasteiger partial charge in [0.1, 0.15) is 23.8 Å². The third kappa shape index (κ3) is 3.80. The molecule has 1 aromatic heterocycles. The molecule has 2 rings (SSSR count). The standard InChI is InChI=1S/C13H13BrClFN4/c1-2-3-17-11-6-12(19-7-18-11)20-13-9(14)4-8(16)5-10(13)15/h4-7H,2-3H2,1H3,(H2,17,18,19,20). The lowest BCUT2D eigenvalue weighted by atomic mass is 10.3. The summed E-state index contributed by atoms with van der Waals surface area (Å²) in [6, 6.07) is 4.35. The molecule has 0 atom stereocenters. The SMILES string of the molecule is CCCNc1cc(Nc2c(Cl)cc(F)cc2Br)ncn1. The van der Waals surface area contributed by atoms with Gasteiger partial charge in [-0.05, 0) is 34.5 Å². The molecule has 0 aliphatic carbocycles. The first-order valence-electron chi connectivity index (χ1n) is 6.07. The fraction of sp³-hybridized carbons (Fsp3) is 0.231. The lowest BCUT2D eigenvalue weighted by Crippen LogP contribution is -2.03. The van der Waals surface area contributed by atoms with Gasteiger partial charge < -0.3 is 10.6 Å². The van der Waals surface area contributed by atoms with E-state index in [2.05, 4.69) is 43.5 Å². The van der Waals surface area contributed by atoms with Gasteiger partial charge in [-0.25, -0.2) is 14.4 Å². The van der Waals surface area contributed by atoms with E-state index in [-0.39, 0.29) is 5.02 Å². The first kappa shape index (κ1) is 15.0. The highest BCUT2D eigenvalue weighted by atomic mass is 79.9. The van der Waals surface area contributed by atoms with Gasteiger partial charge in [-0.15, -0.1) is 0 Å². The molecule has 2 N–H and O–H groups in total. The average molecular weight is 360 g/mol. The van der Waals surface area contributed by atoms with E-state index in [1.54, 1.807) is 6.07 Å². The Labute approximate surface area is 129 Å². The Morgan fingerprint density at radius 2 is 2.00 bits per heavy atom. The van der Waals surface area contributed by atoms with Crippen LogP contribution in [0.1, 0.15) is 13.3 Å². The van der Waals surface area contributed by atoms with Crippen molar-refractivity contribution in [3.63, 3.8) is 0 Å². The van der Waals surface area contributed by atoms with Crippen molar-refractivity contribution in [3.8, 4) is 0 Å². The van der Waals surface area contributed by atoms with E-state index in [9.17, 15) is 4.39 Å². The van der Waals surface area contributed by atoms with E-state index in [4.69, 9.17) is 11.6 Å². The molecule has 0 fully saturated rings. The van der Waals surface area contributed by atoms with Gasteiger partial charge in [0, 0.05) is 17.1 Å². The van der Waals surface area contributed by atoms with Crippen LogP contribution in [0.25, 0.3) is 0 Å². The van der Waals surface area contributed by atoms with E-state index in [0.717, 1.165) is 18.8 Å². The number of rotatable bonds is 5. The molecule has 0 aliphatic heterocycles. The van der Waals surface area contributed by atoms with Crippen molar-refractivity contribution < 1.29 is 4.39 Å². The van der Waals surface area contributed by atoms with Gasteiger partial charge in [0.25, 0.3) is 0 Å². The molecule has 0 saturated heterocycles. The van der Waals surface area contributed by atoms with Gasteiger partial charge in [-0.1, -0.05) is 18.5 Å². The maximum absolute atomic E-state index is 13.2. The van der Waals surface area contributed by atoms with Crippen LogP contribution >= 0.6 is 27.5 Å². The summed E-state index contributed by atoms with van der Waals surface area (Å²) in [6.07, 6.45) is 2.45. The van der Waals surface area contributed by atoms with Gasteiger partial charge in [-0.3, -0.25) is 0 Å². The molecule has 0 bridgehead atoms. The topological polar surface area (TPSA) is 49.8 Å². The van der Waals surface area contributed by atoms with Gasteiger partial charge in [0.05, 0.1) is 10.7 Å². The molecule has 0 aliphatic rings. The predicted molar refractivity (Wildman–Crippen MR) is 83.2 cm³/mol. The van der Waals surface area contributed by atoms with Gasteiger partial charge in [-0.2, -0.15) is 0 Å². The van der Waals surface area contributed by atoms with E-state index < -0.39 is 5.82 Å². The summed E-state index contributed by atoms with van der Waals surface area (Å²) in [7, 11) is 0. The Hall–Kier alpha value is -1.40. The van der Waals surface area contributed by atoms with Crippen molar-refractivity contribution in [2.24, 2.45) is 0 Å². The highest BCUT2D eigenvalue weighted by Crippen LogP contribution is 2.33. The number of nitrogens with one attached hydrogen (secondary N) is 2. The number of nitrogens with zero attached hydrogens (tertiary/aromatic N) is 2. The molecule has 0 saturated carbocycles. The summed E-state index contributed by atoms with van der Waals surface area (Å²) in [5.41, 5.74) is 0.563. The third-order valence-electron chi connectivity index (χ3n) is 2.48. The zero-order valence-corrected chi connectivity index (χ0v) is 13.1. The maximum Gasteiger partial charge on any atom is 0.135 e. The van der Waals surface area contributed by atoms with E-state index in [1.807, 2.05) is 0 Å². The summed E-state index contributed by atoms with van der Waals surface area (Å²) in [5, 5.41) is 6.49. The number of aromatic nitrogens is 2. The molecule has 1 aromatic carbocycles. The summed E-state index contributed by atoms with van der Waals surface area (Å²) in [4.78, 5) is 8.22. The van der Waals surface area contributed by atoms with E-state index in [1.165, 1.54) is 18.5 Å². The molecule has 4 nitrogen and oxygen atoms in total. The Morgan fingerprint density at radius 1 is 1.25 bits per heavy atom. The molecule has 7 heteroatoms. The Morgan fingerprint density at radius 3 is 2.70 bits per heavy atom. The number of hydrogen-bond acceptors (Lipinski definition) is 4. The van der Waals surface area contributed by atoms with Gasteiger partial charge in [0.2, 0.25) is 0 Å². The lowest BCUT2D eigenvalue weighted by Gasteiger charge is -2.11. The zero-order chi connectivity index (χ0) is 14.5. The third-order valence-corrected chi connectivity index (χ3v) is 3.41. The van der Waals surface area contributed by atoms with Crippen LogP contribution in [0, 0.1) is 5.82 Å². The maximum atomic E-state index is 13.2. The van der Waals surface area contributed by atoms with Crippen molar-refractivity contribution in [3.05, 3.63) is 39.8 Å². The van der Waals surface area contributed by atoms with Crippen LogP contribution in [-0.4, -0.2) is 16.5 Å². The Bertz CT molecular complexity index is 586. The second kappa shape index (κ2) is 6.85. The zero-order valence-electron chi connectivity index (χ0n) is 10.8. The molecule has 2 aromatic rings. The van der Waals surface area contributed by atoms with Crippen LogP contribution in [0.3, 0.4) is 0 Å². The highest BCUT2D eigenvalue weighted by Gasteiger charge is 2.09. The largest absolute Gasteiger partial charge is 0.370 e. The predicted octanol–water partition coefficient (Wildman–Crippen LogP) is 4.60. The lowest BCUT2D eigenvalue weighted by molar-refractivity contribution is 0.627. The van der Waals surface area contributed by atoms with E-state index in [0.29, 0.717) is 16.0 Å². The monoisotopic (exact) mass is 358 g/mol. The Kier molecular flexibility index (Phi) is 5.14. The minimum atomic E-state index is -0.402. The smallest absolute Gasteiger partial charge is 0.135 e. The molecule has 0 radical (unpaired) electrons. The van der Waals surface area contributed by atoms with Gasteiger partial charge in [0.15, 0.2) is 0 Å². The second-order valence-electron chi connectivity index (χ2n) is 4.08. The normalized spacial score (nSPS) is 10.4. The van der Waals surface area contributed by atoms with Crippen molar-refractivity contribution in [1.82, 2.24) is 9.97 Å². The molecule has 20 heavy (non-hydrogen) atoms. The molecule has 106 valence electrons. The number of benzene rings is 1. The number of anilines is 3. The van der Waals surface area contributed by atoms with Crippen LogP contribution < -0.4 is 10.6 Å². The molecule has 1 heterocycles. The van der Waals surface area contributed by atoms with Crippen LogP contribution in [0.4, 0.5) is 21.7 Å². The molecular weight excluding hydrogens is 347 g/mol. The first-order chi connectivity index (χ1) is 9.60. The van der Waals surface area contributed by atoms with E-state index >= 15 is 0 Å². The fourth-order valence-corrected chi connectivity index (χ4v) is 2.46. The summed E-state index contributed by atoms with van der Waals surface area (Å²) in [6.45, 7) is 2.90. The summed E-state index contributed by atoms with van der Waals surface area (Å²) in [5.74, 6) is 0.895. The van der Waals surface area contributed by atoms with Crippen molar-refractivity contribution in [2.45, 2.75) is 13.3 Å². The molecule has 0 unspecified atom stereocenters. The number of hydrogen-bond donors (Lipinski definition) is 2. The minimum Gasteiger partial charge on any atom is -0.370 e. The fourth-order valence-electron chi connectivity index (χ4n) is 1.57. The van der Waals surface area contributed by atoms with Crippen LogP contribution in [0.2, 0.25) is 5.02 Å². The Balaban J connectivity index is 2.22. The van der Waals surface area contributed by atoms with Crippen molar-refractivity contribution in [2.75, 3.05) is 17.2 Å². The number of halogens is 3. The molecule has 0 spiro atoms. The van der Waals surface area contributed by atoms with Gasteiger partial charge >= 0.3 is 0 Å². The average Bonchev–Trinajstić information content (AvgIpc) is 2.41. The van der Waals surface area contributed by atoms with Crippen LogP contribution in [0.15, 0.2) is 29.0 Å². The quantitative estimate of drug-likeness (QED) is 0.819. The van der Waals surface area contributed by atoms with Crippen molar-refractivity contribution in [1.29, 1.82) is 0 Å². The highest BCUT2D eigenvalue weighted by molar-refractivity contribution is 9.10. The summed E-state index contributed by atoms with van der Waals surface area (Å²) >= 11 is 9.29.